The van der Waals surface area contributed by atoms with Gasteiger partial charge in [-0.1, -0.05) is 19.3 Å². The van der Waals surface area contributed by atoms with Crippen LogP contribution in [0.3, 0.4) is 0 Å². The summed E-state index contributed by atoms with van der Waals surface area (Å²) in [4.78, 5) is 6.80. The maximum atomic E-state index is 9.39. The summed E-state index contributed by atoms with van der Waals surface area (Å²) in [7, 11) is 0. The van der Waals surface area contributed by atoms with E-state index >= 15 is 0 Å². The second-order valence-corrected chi connectivity index (χ2v) is 8.16. The third-order valence-electron chi connectivity index (χ3n) is 5.92. The van der Waals surface area contributed by atoms with Crippen LogP contribution in [0.1, 0.15) is 44.6 Å². The van der Waals surface area contributed by atoms with Crippen molar-refractivity contribution < 1.29 is 9.47 Å². The van der Waals surface area contributed by atoms with Crippen LogP contribution in [0.4, 0.5) is 5.69 Å². The summed E-state index contributed by atoms with van der Waals surface area (Å²) >= 11 is 0. The van der Waals surface area contributed by atoms with Crippen LogP contribution in [-0.2, 0) is 9.47 Å². The summed E-state index contributed by atoms with van der Waals surface area (Å²) in [5.41, 5.74) is 2.51. The van der Waals surface area contributed by atoms with Crippen molar-refractivity contribution in [3.8, 4) is 6.07 Å². The third-order valence-corrected chi connectivity index (χ3v) is 5.92. The first-order valence-corrected chi connectivity index (χ1v) is 10.5. The molecule has 4 rings (SSSR count). The highest BCUT2D eigenvalue weighted by Gasteiger charge is 2.27. The molecule has 5 nitrogen and oxygen atoms in total. The number of benzene rings is 1. The molecular weight excluding hydrogens is 350 g/mol. The van der Waals surface area contributed by atoms with E-state index in [4.69, 9.17) is 9.47 Å². The van der Waals surface area contributed by atoms with Crippen molar-refractivity contribution in [2.75, 3.05) is 31.2 Å². The van der Waals surface area contributed by atoms with Gasteiger partial charge in [0.1, 0.15) is 6.07 Å². The Morgan fingerprint density at radius 1 is 1.18 bits per heavy atom. The fraction of sp³-hybridized carbons (Fsp3) is 0.565. The number of hydrogen-bond donors (Lipinski definition) is 0. The summed E-state index contributed by atoms with van der Waals surface area (Å²) < 4.78 is 12.2. The highest BCUT2D eigenvalue weighted by atomic mass is 16.5. The van der Waals surface area contributed by atoms with Crippen molar-refractivity contribution in [2.24, 2.45) is 5.92 Å². The lowest BCUT2D eigenvalue weighted by atomic mass is 9.90. The fourth-order valence-corrected chi connectivity index (χ4v) is 4.58. The summed E-state index contributed by atoms with van der Waals surface area (Å²) in [6.07, 6.45) is 8.63. The van der Waals surface area contributed by atoms with Gasteiger partial charge in [-0.15, -0.1) is 0 Å². The van der Waals surface area contributed by atoms with Crippen molar-refractivity contribution in [3.63, 3.8) is 0 Å². The standard InChI is InChI=1S/C23H29N3O2/c1-17-13-26(14-20(28-17)16-27-15-18-6-3-2-4-7-18)22-10-9-19(12-24)23-21(22)8-5-11-25-23/h5,8-11,17-18,20H,2-4,6-7,13-16H2,1H3/t17-,20-/m1/s1. The molecule has 0 N–H and O–H groups in total. The first-order valence-electron chi connectivity index (χ1n) is 10.5. The normalized spacial score (nSPS) is 23.6. The zero-order valence-electron chi connectivity index (χ0n) is 16.6. The minimum atomic E-state index is 0.0645. The van der Waals surface area contributed by atoms with Crippen LogP contribution < -0.4 is 4.90 Å². The lowest BCUT2D eigenvalue weighted by Gasteiger charge is -2.38. The van der Waals surface area contributed by atoms with Gasteiger partial charge < -0.3 is 14.4 Å². The molecule has 2 fully saturated rings. The first kappa shape index (κ1) is 19.2. The van der Waals surface area contributed by atoms with E-state index in [9.17, 15) is 5.26 Å². The molecule has 0 bridgehead atoms. The second-order valence-electron chi connectivity index (χ2n) is 8.16. The Balaban J connectivity index is 1.45. The Kier molecular flexibility index (Phi) is 6.09. The van der Waals surface area contributed by atoms with Gasteiger partial charge in [0.05, 0.1) is 29.9 Å². The highest BCUT2D eigenvalue weighted by Crippen LogP contribution is 2.30. The average molecular weight is 380 g/mol. The lowest BCUT2D eigenvalue weighted by Crippen LogP contribution is -2.48. The predicted molar refractivity (Wildman–Crippen MR) is 110 cm³/mol. The van der Waals surface area contributed by atoms with Gasteiger partial charge in [0.2, 0.25) is 0 Å². The molecule has 0 amide bonds. The smallest absolute Gasteiger partial charge is 0.101 e. The van der Waals surface area contributed by atoms with Gasteiger partial charge in [-0.3, -0.25) is 4.98 Å². The van der Waals surface area contributed by atoms with Gasteiger partial charge in [0.15, 0.2) is 0 Å². The molecule has 1 aromatic heterocycles. The largest absolute Gasteiger partial charge is 0.378 e. The van der Waals surface area contributed by atoms with Crippen LogP contribution in [0.25, 0.3) is 10.9 Å². The number of rotatable bonds is 5. The molecule has 2 aliphatic rings. The van der Waals surface area contributed by atoms with E-state index < -0.39 is 0 Å². The maximum Gasteiger partial charge on any atom is 0.101 e. The monoisotopic (exact) mass is 379 g/mol. The number of ether oxygens (including phenoxy) is 2. The molecule has 1 saturated heterocycles. The number of morpholine rings is 1. The number of nitriles is 1. The lowest BCUT2D eigenvalue weighted by molar-refractivity contribution is -0.0661. The minimum Gasteiger partial charge on any atom is -0.378 e. The van der Waals surface area contributed by atoms with Crippen LogP contribution in [0.2, 0.25) is 0 Å². The van der Waals surface area contributed by atoms with E-state index in [0.717, 1.165) is 42.2 Å². The van der Waals surface area contributed by atoms with E-state index in [2.05, 4.69) is 22.9 Å². The van der Waals surface area contributed by atoms with E-state index in [1.807, 2.05) is 24.3 Å². The number of nitrogens with zero attached hydrogens (tertiary/aromatic N) is 3. The topological polar surface area (TPSA) is 58.4 Å². The quantitative estimate of drug-likeness (QED) is 0.775. The van der Waals surface area contributed by atoms with Gasteiger partial charge in [-0.25, -0.2) is 0 Å². The van der Waals surface area contributed by atoms with E-state index in [0.29, 0.717) is 12.2 Å². The number of hydrogen-bond acceptors (Lipinski definition) is 5. The Bertz CT molecular complexity index is 841. The number of anilines is 1. The first-order chi connectivity index (χ1) is 13.7. The Morgan fingerprint density at radius 2 is 2.04 bits per heavy atom. The Hall–Kier alpha value is -2.16. The van der Waals surface area contributed by atoms with Crippen LogP contribution in [-0.4, -0.2) is 43.5 Å². The van der Waals surface area contributed by atoms with Gasteiger partial charge in [-0.2, -0.15) is 5.26 Å². The van der Waals surface area contributed by atoms with Crippen molar-refractivity contribution in [1.82, 2.24) is 4.98 Å². The van der Waals surface area contributed by atoms with Crippen LogP contribution in [0.15, 0.2) is 30.5 Å². The molecule has 5 heteroatoms. The Labute approximate surface area is 167 Å². The molecule has 2 aromatic rings. The molecule has 0 unspecified atom stereocenters. The van der Waals surface area contributed by atoms with Crippen molar-refractivity contribution in [1.29, 1.82) is 5.26 Å². The Morgan fingerprint density at radius 3 is 2.86 bits per heavy atom. The van der Waals surface area contributed by atoms with Crippen LogP contribution >= 0.6 is 0 Å². The third kappa shape index (κ3) is 4.29. The molecule has 1 aromatic carbocycles. The molecule has 1 aliphatic heterocycles. The number of aromatic nitrogens is 1. The average Bonchev–Trinajstić information content (AvgIpc) is 2.73. The number of pyridine rings is 1. The molecule has 148 valence electrons. The molecule has 0 radical (unpaired) electrons. The van der Waals surface area contributed by atoms with Gasteiger partial charge in [0.25, 0.3) is 0 Å². The predicted octanol–water partition coefficient (Wildman–Crippen LogP) is 4.30. The highest BCUT2D eigenvalue weighted by molar-refractivity contribution is 5.95. The minimum absolute atomic E-state index is 0.0645. The summed E-state index contributed by atoms with van der Waals surface area (Å²) in [5, 5.41) is 10.4. The molecule has 28 heavy (non-hydrogen) atoms. The molecule has 2 heterocycles. The molecule has 1 aliphatic carbocycles. The van der Waals surface area contributed by atoms with Crippen molar-refractivity contribution >= 4 is 16.6 Å². The zero-order chi connectivity index (χ0) is 19.3. The SMILES string of the molecule is C[C@@H]1CN(c2ccc(C#N)c3ncccc23)C[C@H](COCC2CCCCC2)O1. The summed E-state index contributed by atoms with van der Waals surface area (Å²) in [6, 6.07) is 10.1. The van der Waals surface area contributed by atoms with E-state index in [1.165, 1.54) is 32.1 Å². The van der Waals surface area contributed by atoms with Gasteiger partial charge in [0, 0.05) is 37.0 Å². The second kappa shape index (κ2) is 8.89. The summed E-state index contributed by atoms with van der Waals surface area (Å²) in [6.45, 7) is 5.24. The number of fused-ring (bicyclic) bond motifs is 1. The molecule has 1 saturated carbocycles. The summed E-state index contributed by atoms with van der Waals surface area (Å²) in [5.74, 6) is 0.722. The maximum absolute atomic E-state index is 9.39. The van der Waals surface area contributed by atoms with Gasteiger partial charge >= 0.3 is 0 Å². The van der Waals surface area contributed by atoms with Crippen molar-refractivity contribution in [3.05, 3.63) is 36.0 Å². The van der Waals surface area contributed by atoms with Crippen LogP contribution in [0, 0.1) is 17.2 Å². The fourth-order valence-electron chi connectivity index (χ4n) is 4.58. The molecule has 0 spiro atoms. The molecular formula is C23H29N3O2. The van der Waals surface area contributed by atoms with Gasteiger partial charge in [-0.05, 0) is 49.9 Å². The molecule has 2 atom stereocenters. The van der Waals surface area contributed by atoms with Crippen molar-refractivity contribution in [2.45, 2.75) is 51.2 Å². The zero-order valence-corrected chi connectivity index (χ0v) is 16.6. The van der Waals surface area contributed by atoms with E-state index in [-0.39, 0.29) is 12.2 Å². The van der Waals surface area contributed by atoms with E-state index in [1.54, 1.807) is 6.20 Å². The van der Waals surface area contributed by atoms with Crippen LogP contribution in [0.5, 0.6) is 0 Å².